The lowest BCUT2D eigenvalue weighted by Crippen LogP contribution is -2.30. The van der Waals surface area contributed by atoms with Crippen molar-refractivity contribution in [1.82, 2.24) is 19.9 Å². The summed E-state index contributed by atoms with van der Waals surface area (Å²) in [5, 5.41) is 7.55. The van der Waals surface area contributed by atoms with Gasteiger partial charge in [0.15, 0.2) is 11.6 Å². The molecule has 24 heavy (non-hydrogen) atoms. The fraction of sp³-hybridized carbons (Fsp3) is 0.333. The van der Waals surface area contributed by atoms with Gasteiger partial charge in [0.1, 0.15) is 12.4 Å². The molecular formula is C15H16FN5O3. The van der Waals surface area contributed by atoms with Gasteiger partial charge in [-0.2, -0.15) is 4.98 Å². The molecule has 2 N–H and O–H groups in total. The van der Waals surface area contributed by atoms with Crippen molar-refractivity contribution in [2.75, 3.05) is 0 Å². The summed E-state index contributed by atoms with van der Waals surface area (Å²) >= 11 is 0. The second kappa shape index (κ2) is 6.00. The molecule has 0 fully saturated rings. The Labute approximate surface area is 136 Å². The first kappa shape index (κ1) is 16.1. The van der Waals surface area contributed by atoms with Gasteiger partial charge in [-0.25, -0.2) is 9.18 Å². The van der Waals surface area contributed by atoms with E-state index < -0.39 is 11.3 Å². The van der Waals surface area contributed by atoms with Gasteiger partial charge < -0.3 is 10.3 Å². The van der Waals surface area contributed by atoms with Crippen molar-refractivity contribution in [1.29, 1.82) is 0 Å². The predicted molar refractivity (Wildman–Crippen MR) is 80.6 cm³/mol. The van der Waals surface area contributed by atoms with Gasteiger partial charge in [-0.3, -0.25) is 9.09 Å². The lowest BCUT2D eigenvalue weighted by atomic mass is 10.1. The van der Waals surface area contributed by atoms with Gasteiger partial charge in [-0.1, -0.05) is 22.4 Å². The molecule has 2 aromatic heterocycles. The van der Waals surface area contributed by atoms with Crippen molar-refractivity contribution in [3.05, 3.63) is 63.7 Å². The predicted octanol–water partition coefficient (Wildman–Crippen LogP) is 1.19. The molecule has 2 heterocycles. The van der Waals surface area contributed by atoms with Crippen LogP contribution in [0.5, 0.6) is 0 Å². The van der Waals surface area contributed by atoms with E-state index in [1.54, 1.807) is 26.0 Å². The first-order valence-electron chi connectivity index (χ1n) is 7.25. The Balaban J connectivity index is 1.84. The Morgan fingerprint density at radius 3 is 2.54 bits per heavy atom. The lowest BCUT2D eigenvalue weighted by Gasteiger charge is -2.11. The summed E-state index contributed by atoms with van der Waals surface area (Å²) in [4.78, 5) is 16.0. The van der Waals surface area contributed by atoms with Gasteiger partial charge in [0.2, 0.25) is 5.89 Å². The molecule has 0 aliphatic heterocycles. The third-order valence-electron chi connectivity index (χ3n) is 3.37. The molecule has 0 bridgehead atoms. The molecule has 0 spiro atoms. The van der Waals surface area contributed by atoms with Crippen LogP contribution < -0.4 is 11.5 Å². The number of nitrogens with zero attached hydrogens (tertiary/aromatic N) is 4. The van der Waals surface area contributed by atoms with Gasteiger partial charge in [0.05, 0.1) is 5.54 Å². The number of hydrogen-bond acceptors (Lipinski definition) is 7. The molecule has 0 unspecified atom stereocenters. The number of aromatic nitrogens is 4. The highest BCUT2D eigenvalue weighted by atomic mass is 19.1. The summed E-state index contributed by atoms with van der Waals surface area (Å²) < 4.78 is 24.1. The Morgan fingerprint density at radius 1 is 1.21 bits per heavy atom. The zero-order valence-electron chi connectivity index (χ0n) is 13.2. The van der Waals surface area contributed by atoms with Crippen molar-refractivity contribution in [2.45, 2.75) is 32.4 Å². The molecule has 126 valence electrons. The third kappa shape index (κ3) is 3.40. The van der Waals surface area contributed by atoms with Gasteiger partial charge in [0.25, 0.3) is 0 Å². The standard InChI is InChI=1S/C15H16FN5O3/c1-15(2,17)13-18-12(23-20-13)8-21-11(19-24-14(21)22)7-9-3-5-10(16)6-4-9/h3-6H,7-8,17H2,1-2H3. The van der Waals surface area contributed by atoms with E-state index in [0.717, 1.165) is 5.56 Å². The summed E-state index contributed by atoms with van der Waals surface area (Å²) in [6.07, 6.45) is 0.301. The zero-order chi connectivity index (χ0) is 17.3. The molecule has 0 aliphatic carbocycles. The van der Waals surface area contributed by atoms with Crippen molar-refractivity contribution < 1.29 is 13.4 Å². The molecule has 9 heteroatoms. The van der Waals surface area contributed by atoms with Crippen LogP contribution in [0.4, 0.5) is 4.39 Å². The van der Waals surface area contributed by atoms with E-state index in [-0.39, 0.29) is 18.3 Å². The van der Waals surface area contributed by atoms with E-state index in [1.165, 1.54) is 16.7 Å². The molecule has 0 amide bonds. The van der Waals surface area contributed by atoms with E-state index in [1.807, 2.05) is 0 Å². The molecule has 0 atom stereocenters. The molecule has 0 saturated carbocycles. The highest BCUT2D eigenvalue weighted by Gasteiger charge is 2.22. The molecule has 3 aromatic rings. The van der Waals surface area contributed by atoms with Crippen molar-refractivity contribution in [3.8, 4) is 0 Å². The maximum Gasteiger partial charge on any atom is 0.442 e. The maximum absolute atomic E-state index is 13.0. The van der Waals surface area contributed by atoms with Gasteiger partial charge in [0, 0.05) is 6.42 Å². The van der Waals surface area contributed by atoms with Crippen LogP contribution in [0.25, 0.3) is 0 Å². The average molecular weight is 333 g/mol. The normalized spacial score (nSPS) is 11.8. The fourth-order valence-corrected chi connectivity index (χ4v) is 2.08. The van der Waals surface area contributed by atoms with E-state index >= 15 is 0 Å². The second-order valence-electron chi connectivity index (χ2n) is 5.99. The molecule has 0 saturated heterocycles. The lowest BCUT2D eigenvalue weighted by molar-refractivity contribution is 0.345. The fourth-order valence-electron chi connectivity index (χ4n) is 2.08. The SMILES string of the molecule is CC(C)(N)c1noc(Cn2c(Cc3ccc(F)cc3)noc2=O)n1. The number of hydrogen-bond donors (Lipinski definition) is 1. The molecule has 3 rings (SSSR count). The third-order valence-corrected chi connectivity index (χ3v) is 3.37. The topological polar surface area (TPSA) is 113 Å². The van der Waals surface area contributed by atoms with Crippen LogP contribution in [-0.4, -0.2) is 19.9 Å². The Bertz CT molecular complexity index is 889. The maximum atomic E-state index is 13.0. The monoisotopic (exact) mass is 333 g/mol. The van der Waals surface area contributed by atoms with Crippen molar-refractivity contribution >= 4 is 0 Å². The first-order chi connectivity index (χ1) is 11.3. The summed E-state index contributed by atoms with van der Waals surface area (Å²) in [5.74, 6) is -0.0485. The Morgan fingerprint density at radius 2 is 1.92 bits per heavy atom. The highest BCUT2D eigenvalue weighted by Crippen LogP contribution is 2.14. The highest BCUT2D eigenvalue weighted by molar-refractivity contribution is 5.19. The average Bonchev–Trinajstić information content (AvgIpc) is 3.11. The minimum absolute atomic E-state index is 0.0158. The largest absolute Gasteiger partial charge is 0.442 e. The summed E-state index contributed by atoms with van der Waals surface area (Å²) in [6, 6.07) is 5.90. The van der Waals surface area contributed by atoms with E-state index in [9.17, 15) is 9.18 Å². The number of nitrogens with two attached hydrogens (primary N) is 1. The van der Waals surface area contributed by atoms with Gasteiger partial charge in [-0.05, 0) is 31.5 Å². The smallest absolute Gasteiger partial charge is 0.337 e. The number of benzene rings is 1. The van der Waals surface area contributed by atoms with E-state index in [0.29, 0.717) is 18.1 Å². The summed E-state index contributed by atoms with van der Waals surface area (Å²) in [6.45, 7) is 3.50. The molecule has 0 radical (unpaired) electrons. The van der Waals surface area contributed by atoms with Gasteiger partial charge >= 0.3 is 5.76 Å². The van der Waals surface area contributed by atoms with Crippen LogP contribution in [0.3, 0.4) is 0 Å². The van der Waals surface area contributed by atoms with E-state index in [2.05, 4.69) is 15.3 Å². The zero-order valence-corrected chi connectivity index (χ0v) is 13.2. The van der Waals surface area contributed by atoms with Crippen LogP contribution in [0.2, 0.25) is 0 Å². The van der Waals surface area contributed by atoms with Crippen molar-refractivity contribution in [3.63, 3.8) is 0 Å². The first-order valence-corrected chi connectivity index (χ1v) is 7.25. The second-order valence-corrected chi connectivity index (χ2v) is 5.99. The van der Waals surface area contributed by atoms with Crippen LogP contribution in [0.1, 0.15) is 37.0 Å². The Kier molecular flexibility index (Phi) is 4.02. The number of halogens is 1. The molecule has 8 nitrogen and oxygen atoms in total. The summed E-state index contributed by atoms with van der Waals surface area (Å²) in [7, 11) is 0. The minimum atomic E-state index is -0.752. The molecular weight excluding hydrogens is 317 g/mol. The van der Waals surface area contributed by atoms with Crippen LogP contribution in [0.15, 0.2) is 38.1 Å². The Hall–Kier alpha value is -2.81. The van der Waals surface area contributed by atoms with Crippen molar-refractivity contribution in [2.24, 2.45) is 5.73 Å². The molecule has 1 aromatic carbocycles. The minimum Gasteiger partial charge on any atom is -0.337 e. The van der Waals surface area contributed by atoms with Crippen LogP contribution in [-0.2, 0) is 18.5 Å². The molecule has 0 aliphatic rings. The number of rotatable bonds is 5. The van der Waals surface area contributed by atoms with E-state index in [4.69, 9.17) is 14.8 Å². The van der Waals surface area contributed by atoms with Crippen LogP contribution >= 0.6 is 0 Å². The quantitative estimate of drug-likeness (QED) is 0.746. The van der Waals surface area contributed by atoms with Crippen LogP contribution in [0, 0.1) is 5.82 Å². The van der Waals surface area contributed by atoms with Gasteiger partial charge in [-0.15, -0.1) is 0 Å². The summed E-state index contributed by atoms with van der Waals surface area (Å²) in [5.41, 5.74) is 5.94.